The standard InChI is InChI=1S/C16H17F2N3O2/c1-9-5-15(20(2)19-9)16(23)21-8-11(22)7-14(21)12-6-10(17)3-4-13(12)18/h3-6,11,14,22H,7-8H2,1-2H3/t11-,14-/m0/s1. The van der Waals surface area contributed by atoms with Gasteiger partial charge in [-0.2, -0.15) is 5.10 Å². The van der Waals surface area contributed by atoms with Gasteiger partial charge in [-0.1, -0.05) is 0 Å². The molecule has 122 valence electrons. The molecule has 2 atom stereocenters. The molecule has 0 spiro atoms. The minimum atomic E-state index is -0.777. The molecule has 3 rings (SSSR count). The molecular weight excluding hydrogens is 304 g/mol. The Morgan fingerprint density at radius 1 is 1.35 bits per heavy atom. The molecule has 1 aromatic heterocycles. The molecule has 1 aliphatic heterocycles. The molecule has 1 aliphatic rings. The Morgan fingerprint density at radius 2 is 2.09 bits per heavy atom. The Morgan fingerprint density at radius 3 is 2.74 bits per heavy atom. The number of halogens is 2. The summed E-state index contributed by atoms with van der Waals surface area (Å²) < 4.78 is 29.0. The molecule has 7 heteroatoms. The van der Waals surface area contributed by atoms with Crippen molar-refractivity contribution in [2.75, 3.05) is 6.54 Å². The molecule has 1 amide bonds. The first-order chi connectivity index (χ1) is 10.9. The van der Waals surface area contributed by atoms with Crippen LogP contribution in [0.25, 0.3) is 0 Å². The van der Waals surface area contributed by atoms with Crippen LogP contribution >= 0.6 is 0 Å². The molecule has 0 saturated carbocycles. The molecule has 1 aromatic carbocycles. The number of nitrogens with zero attached hydrogens (tertiary/aromatic N) is 3. The highest BCUT2D eigenvalue weighted by Gasteiger charge is 2.38. The molecule has 1 saturated heterocycles. The number of amides is 1. The fourth-order valence-corrected chi connectivity index (χ4v) is 3.06. The molecule has 0 radical (unpaired) electrons. The van der Waals surface area contributed by atoms with Crippen LogP contribution in [0.3, 0.4) is 0 Å². The van der Waals surface area contributed by atoms with Crippen molar-refractivity contribution in [1.82, 2.24) is 14.7 Å². The van der Waals surface area contributed by atoms with E-state index in [-0.39, 0.29) is 24.4 Å². The van der Waals surface area contributed by atoms with Gasteiger partial charge in [0.2, 0.25) is 0 Å². The highest BCUT2D eigenvalue weighted by molar-refractivity contribution is 5.93. The van der Waals surface area contributed by atoms with Crippen molar-refractivity contribution in [3.63, 3.8) is 0 Å². The van der Waals surface area contributed by atoms with Crippen LogP contribution in [0.4, 0.5) is 8.78 Å². The summed E-state index contributed by atoms with van der Waals surface area (Å²) in [4.78, 5) is 14.1. The molecule has 0 bridgehead atoms. The van der Waals surface area contributed by atoms with E-state index in [0.717, 1.165) is 18.2 Å². The van der Waals surface area contributed by atoms with Crippen molar-refractivity contribution in [1.29, 1.82) is 0 Å². The van der Waals surface area contributed by atoms with Gasteiger partial charge in [-0.05, 0) is 37.6 Å². The summed E-state index contributed by atoms with van der Waals surface area (Å²) in [6.45, 7) is 1.84. The zero-order chi connectivity index (χ0) is 16.7. The van der Waals surface area contributed by atoms with E-state index in [1.54, 1.807) is 20.0 Å². The van der Waals surface area contributed by atoms with Crippen LogP contribution in [0.2, 0.25) is 0 Å². The van der Waals surface area contributed by atoms with E-state index in [0.29, 0.717) is 11.4 Å². The number of carbonyl (C=O) groups excluding carboxylic acids is 1. The quantitative estimate of drug-likeness (QED) is 0.920. The lowest BCUT2D eigenvalue weighted by molar-refractivity contribution is 0.0702. The molecule has 0 unspecified atom stereocenters. The lowest BCUT2D eigenvalue weighted by Crippen LogP contribution is -2.33. The summed E-state index contributed by atoms with van der Waals surface area (Å²) in [5.41, 5.74) is 1.11. The third-order valence-electron chi connectivity index (χ3n) is 4.08. The summed E-state index contributed by atoms with van der Waals surface area (Å²) >= 11 is 0. The van der Waals surface area contributed by atoms with Gasteiger partial charge in [0, 0.05) is 19.2 Å². The second kappa shape index (κ2) is 5.73. The topological polar surface area (TPSA) is 58.4 Å². The van der Waals surface area contributed by atoms with E-state index in [1.807, 2.05) is 0 Å². The van der Waals surface area contributed by atoms with Gasteiger partial charge in [-0.25, -0.2) is 8.78 Å². The summed E-state index contributed by atoms with van der Waals surface area (Å²) in [5, 5.41) is 14.1. The first-order valence-corrected chi connectivity index (χ1v) is 7.31. The molecular formula is C16H17F2N3O2. The minimum absolute atomic E-state index is 0.0731. The molecule has 1 fully saturated rings. The number of likely N-dealkylation sites (tertiary alicyclic amines) is 1. The normalized spacial score (nSPS) is 21.0. The predicted octanol–water partition coefficient (Wildman–Crippen LogP) is 1.95. The smallest absolute Gasteiger partial charge is 0.272 e. The van der Waals surface area contributed by atoms with Crippen LogP contribution < -0.4 is 0 Å². The van der Waals surface area contributed by atoms with Crippen LogP contribution in [0, 0.1) is 18.6 Å². The lowest BCUT2D eigenvalue weighted by atomic mass is 10.0. The first-order valence-electron chi connectivity index (χ1n) is 7.31. The van der Waals surface area contributed by atoms with Crippen LogP contribution in [0.5, 0.6) is 0 Å². The predicted molar refractivity (Wildman–Crippen MR) is 78.7 cm³/mol. The number of β-amino-alcohol motifs (C(OH)–C–C–N with tert-alkyl or cyclic N) is 1. The maximum Gasteiger partial charge on any atom is 0.272 e. The van der Waals surface area contributed by atoms with Crippen LogP contribution in [-0.4, -0.2) is 38.3 Å². The zero-order valence-corrected chi connectivity index (χ0v) is 12.8. The Kier molecular flexibility index (Phi) is 3.89. The zero-order valence-electron chi connectivity index (χ0n) is 12.8. The third-order valence-corrected chi connectivity index (χ3v) is 4.08. The van der Waals surface area contributed by atoms with Crippen LogP contribution in [0.15, 0.2) is 24.3 Å². The minimum Gasteiger partial charge on any atom is -0.391 e. The Labute approximate surface area is 132 Å². The molecule has 2 heterocycles. The van der Waals surface area contributed by atoms with Gasteiger partial charge in [-0.15, -0.1) is 0 Å². The number of benzene rings is 1. The van der Waals surface area contributed by atoms with Crippen LogP contribution in [-0.2, 0) is 7.05 Å². The number of hydrogen-bond acceptors (Lipinski definition) is 3. The lowest BCUT2D eigenvalue weighted by Gasteiger charge is -2.25. The highest BCUT2D eigenvalue weighted by atomic mass is 19.1. The van der Waals surface area contributed by atoms with Crippen molar-refractivity contribution in [2.45, 2.75) is 25.5 Å². The molecule has 0 aliphatic carbocycles. The number of aliphatic hydroxyl groups excluding tert-OH is 1. The number of carbonyl (C=O) groups is 1. The van der Waals surface area contributed by atoms with Crippen molar-refractivity contribution >= 4 is 5.91 Å². The highest BCUT2D eigenvalue weighted by Crippen LogP contribution is 2.35. The van der Waals surface area contributed by atoms with E-state index in [4.69, 9.17) is 0 Å². The van der Waals surface area contributed by atoms with Crippen molar-refractivity contribution < 1.29 is 18.7 Å². The van der Waals surface area contributed by atoms with E-state index < -0.39 is 23.8 Å². The van der Waals surface area contributed by atoms with Gasteiger partial charge in [0.15, 0.2) is 0 Å². The van der Waals surface area contributed by atoms with Gasteiger partial charge in [0.25, 0.3) is 5.91 Å². The van der Waals surface area contributed by atoms with Gasteiger partial charge in [0.05, 0.1) is 17.8 Å². The van der Waals surface area contributed by atoms with Gasteiger partial charge >= 0.3 is 0 Å². The van der Waals surface area contributed by atoms with E-state index in [9.17, 15) is 18.7 Å². The fourth-order valence-electron chi connectivity index (χ4n) is 3.06. The van der Waals surface area contributed by atoms with E-state index in [1.165, 1.54) is 9.58 Å². The van der Waals surface area contributed by atoms with Gasteiger partial charge in [0.1, 0.15) is 17.3 Å². The summed E-state index contributed by atoms with van der Waals surface area (Å²) in [6, 6.07) is 4.06. The van der Waals surface area contributed by atoms with Crippen LogP contribution in [0.1, 0.15) is 34.2 Å². The Balaban J connectivity index is 1.98. The Bertz CT molecular complexity index is 760. The van der Waals surface area contributed by atoms with E-state index >= 15 is 0 Å². The van der Waals surface area contributed by atoms with Crippen molar-refractivity contribution in [3.8, 4) is 0 Å². The van der Waals surface area contributed by atoms with Gasteiger partial charge < -0.3 is 10.0 Å². The number of hydrogen-bond donors (Lipinski definition) is 1. The molecule has 23 heavy (non-hydrogen) atoms. The maximum atomic E-state index is 14.1. The number of aliphatic hydroxyl groups is 1. The third kappa shape index (κ3) is 2.84. The number of aromatic nitrogens is 2. The maximum absolute atomic E-state index is 14.1. The second-order valence-corrected chi connectivity index (χ2v) is 5.82. The molecule has 2 aromatic rings. The average Bonchev–Trinajstić information content (AvgIpc) is 3.03. The first kappa shape index (κ1) is 15.6. The number of rotatable bonds is 2. The van der Waals surface area contributed by atoms with Crippen molar-refractivity contribution in [3.05, 3.63) is 52.9 Å². The fraction of sp³-hybridized carbons (Fsp3) is 0.375. The summed E-state index contributed by atoms with van der Waals surface area (Å²) in [6.07, 6.45) is -0.607. The van der Waals surface area contributed by atoms with Crippen molar-refractivity contribution in [2.24, 2.45) is 7.05 Å². The SMILES string of the molecule is Cc1cc(C(=O)N2C[C@@H](O)C[C@H]2c2cc(F)ccc2F)n(C)n1. The largest absolute Gasteiger partial charge is 0.391 e. The summed E-state index contributed by atoms with van der Waals surface area (Å²) in [7, 11) is 1.64. The van der Waals surface area contributed by atoms with E-state index in [2.05, 4.69) is 5.10 Å². The molecule has 1 N–H and O–H groups in total. The monoisotopic (exact) mass is 321 g/mol. The summed E-state index contributed by atoms with van der Waals surface area (Å²) in [5.74, 6) is -1.53. The van der Waals surface area contributed by atoms with Gasteiger partial charge in [-0.3, -0.25) is 9.48 Å². The average molecular weight is 321 g/mol. The second-order valence-electron chi connectivity index (χ2n) is 5.82. The number of aryl methyl sites for hydroxylation is 2. The Hall–Kier alpha value is -2.28. The molecule has 5 nitrogen and oxygen atoms in total.